The summed E-state index contributed by atoms with van der Waals surface area (Å²) in [6.07, 6.45) is 6.72. The topological polar surface area (TPSA) is 73.4 Å². The third kappa shape index (κ3) is 3.41. The number of rotatable bonds is 4. The molecule has 2 N–H and O–H groups in total. The van der Waals surface area contributed by atoms with Crippen LogP contribution in [0.25, 0.3) is 10.9 Å². The van der Waals surface area contributed by atoms with E-state index >= 15 is 0 Å². The SMILES string of the molecule is CC(CC(=O)N1CCCC2C(C(=O)O)CCCC21)c1c[nH]c2cccc(Cl)c12. The van der Waals surface area contributed by atoms with E-state index in [9.17, 15) is 14.7 Å². The first-order valence-electron chi connectivity index (χ1n) is 10.2. The number of amides is 1. The predicted molar refractivity (Wildman–Crippen MR) is 110 cm³/mol. The number of benzene rings is 1. The van der Waals surface area contributed by atoms with Gasteiger partial charge >= 0.3 is 5.97 Å². The number of aliphatic carboxylic acids is 1. The number of carboxylic acids is 1. The van der Waals surface area contributed by atoms with Gasteiger partial charge in [0.25, 0.3) is 0 Å². The van der Waals surface area contributed by atoms with Gasteiger partial charge in [-0.15, -0.1) is 0 Å². The van der Waals surface area contributed by atoms with Gasteiger partial charge in [-0.05, 0) is 55.2 Å². The average Bonchev–Trinajstić information content (AvgIpc) is 3.12. The standard InChI is InChI=1S/C22H27ClN2O3/c1-13(16-12-24-18-8-3-7-17(23)21(16)18)11-20(26)25-10-4-6-14-15(22(27)28)5-2-9-19(14)25/h3,7-8,12-15,19,24H,2,4-6,9-11H2,1H3,(H,27,28). The van der Waals surface area contributed by atoms with E-state index < -0.39 is 5.97 Å². The zero-order valence-electron chi connectivity index (χ0n) is 16.2. The first-order chi connectivity index (χ1) is 13.5. The Morgan fingerprint density at radius 3 is 2.89 bits per heavy atom. The number of halogens is 1. The molecule has 0 radical (unpaired) electrons. The van der Waals surface area contributed by atoms with E-state index in [-0.39, 0.29) is 29.7 Å². The van der Waals surface area contributed by atoms with Crippen molar-refractivity contribution < 1.29 is 14.7 Å². The molecule has 28 heavy (non-hydrogen) atoms. The largest absolute Gasteiger partial charge is 0.481 e. The predicted octanol–water partition coefficient (Wildman–Crippen LogP) is 4.81. The lowest BCUT2D eigenvalue weighted by Gasteiger charge is -2.46. The molecule has 4 unspecified atom stereocenters. The van der Waals surface area contributed by atoms with Crippen LogP contribution < -0.4 is 0 Å². The summed E-state index contributed by atoms with van der Waals surface area (Å²) in [6, 6.07) is 5.85. The molecule has 2 aliphatic rings. The van der Waals surface area contributed by atoms with Crippen LogP contribution >= 0.6 is 11.6 Å². The van der Waals surface area contributed by atoms with Crippen molar-refractivity contribution in [2.45, 2.75) is 57.4 Å². The van der Waals surface area contributed by atoms with E-state index in [1.165, 1.54) is 0 Å². The molecule has 1 saturated carbocycles. The zero-order valence-corrected chi connectivity index (χ0v) is 16.9. The Kier molecular flexibility index (Phi) is 5.37. The first kappa shape index (κ1) is 19.3. The van der Waals surface area contributed by atoms with Crippen LogP contribution in [0, 0.1) is 11.8 Å². The molecular formula is C22H27ClN2O3. The molecule has 2 heterocycles. The Morgan fingerprint density at radius 2 is 2.11 bits per heavy atom. The second kappa shape index (κ2) is 7.78. The number of nitrogens with zero attached hydrogens (tertiary/aromatic N) is 1. The molecule has 1 aliphatic carbocycles. The van der Waals surface area contributed by atoms with Crippen molar-refractivity contribution in [3.05, 3.63) is 35.0 Å². The summed E-state index contributed by atoms with van der Waals surface area (Å²) in [5.41, 5.74) is 2.05. The van der Waals surface area contributed by atoms with Gasteiger partial charge < -0.3 is 15.0 Å². The molecule has 2 fully saturated rings. The van der Waals surface area contributed by atoms with Gasteiger partial charge in [0.05, 0.1) is 10.9 Å². The van der Waals surface area contributed by atoms with E-state index in [4.69, 9.17) is 11.6 Å². The molecule has 4 atom stereocenters. The molecule has 1 aromatic heterocycles. The van der Waals surface area contributed by atoms with Crippen molar-refractivity contribution in [3.8, 4) is 0 Å². The molecule has 5 nitrogen and oxygen atoms in total. The van der Waals surface area contributed by atoms with Crippen LogP contribution in [-0.2, 0) is 9.59 Å². The Hall–Kier alpha value is -2.01. The second-order valence-corrected chi connectivity index (χ2v) is 8.75. The number of aromatic nitrogens is 1. The van der Waals surface area contributed by atoms with Gasteiger partial charge in [-0.1, -0.05) is 31.0 Å². The molecular weight excluding hydrogens is 376 g/mol. The number of hydrogen-bond donors (Lipinski definition) is 2. The molecule has 4 rings (SSSR count). The number of carbonyl (C=O) groups excluding carboxylic acids is 1. The number of likely N-dealkylation sites (tertiary alicyclic amines) is 1. The summed E-state index contributed by atoms with van der Waals surface area (Å²) < 4.78 is 0. The molecule has 1 aliphatic heterocycles. The van der Waals surface area contributed by atoms with Crippen molar-refractivity contribution in [3.63, 3.8) is 0 Å². The first-order valence-corrected chi connectivity index (χ1v) is 10.6. The lowest BCUT2D eigenvalue weighted by atomic mass is 9.71. The number of carbonyl (C=O) groups is 2. The molecule has 1 saturated heterocycles. The third-order valence-corrected chi connectivity index (χ3v) is 7.01. The van der Waals surface area contributed by atoms with Crippen molar-refractivity contribution in [1.82, 2.24) is 9.88 Å². The summed E-state index contributed by atoms with van der Waals surface area (Å²) in [4.78, 5) is 30.1. The van der Waals surface area contributed by atoms with Crippen molar-refractivity contribution in [2.24, 2.45) is 11.8 Å². The van der Waals surface area contributed by atoms with Crippen molar-refractivity contribution >= 4 is 34.4 Å². The van der Waals surface area contributed by atoms with Gasteiger partial charge in [0.1, 0.15) is 0 Å². The van der Waals surface area contributed by atoms with Crippen LogP contribution in [0.5, 0.6) is 0 Å². The molecule has 6 heteroatoms. The van der Waals surface area contributed by atoms with Crippen LogP contribution in [0.3, 0.4) is 0 Å². The summed E-state index contributed by atoms with van der Waals surface area (Å²) in [5.74, 6) is -0.734. The van der Waals surface area contributed by atoms with E-state index in [0.717, 1.165) is 55.1 Å². The molecule has 150 valence electrons. The minimum atomic E-state index is -0.703. The van der Waals surface area contributed by atoms with Gasteiger partial charge in [0.15, 0.2) is 0 Å². The van der Waals surface area contributed by atoms with Gasteiger partial charge in [-0.3, -0.25) is 9.59 Å². The molecule has 2 aromatic rings. The maximum absolute atomic E-state index is 13.2. The minimum absolute atomic E-state index is 0.0420. The quantitative estimate of drug-likeness (QED) is 0.770. The highest BCUT2D eigenvalue weighted by molar-refractivity contribution is 6.35. The summed E-state index contributed by atoms with van der Waals surface area (Å²) in [6.45, 7) is 2.81. The number of piperidine rings is 1. The summed E-state index contributed by atoms with van der Waals surface area (Å²) in [5, 5.41) is 11.3. The zero-order chi connectivity index (χ0) is 19.8. The lowest BCUT2D eigenvalue weighted by molar-refractivity contribution is -0.152. The highest BCUT2D eigenvalue weighted by atomic mass is 35.5. The highest BCUT2D eigenvalue weighted by Crippen LogP contribution is 2.40. The Balaban J connectivity index is 1.52. The number of hydrogen-bond acceptors (Lipinski definition) is 2. The summed E-state index contributed by atoms with van der Waals surface area (Å²) in [7, 11) is 0. The van der Waals surface area contributed by atoms with Crippen LogP contribution in [0.2, 0.25) is 5.02 Å². The summed E-state index contributed by atoms with van der Waals surface area (Å²) >= 11 is 6.40. The molecule has 0 bridgehead atoms. The number of carboxylic acid groups (broad SMARTS) is 1. The van der Waals surface area contributed by atoms with Crippen LogP contribution in [0.1, 0.15) is 56.9 Å². The fourth-order valence-electron chi connectivity index (χ4n) is 5.35. The molecule has 1 aromatic carbocycles. The number of aromatic amines is 1. The Bertz CT molecular complexity index is 893. The Morgan fingerprint density at radius 1 is 1.29 bits per heavy atom. The monoisotopic (exact) mass is 402 g/mol. The smallest absolute Gasteiger partial charge is 0.306 e. The normalized spacial score (nSPS) is 26.1. The average molecular weight is 403 g/mol. The second-order valence-electron chi connectivity index (χ2n) is 8.35. The van der Waals surface area contributed by atoms with Crippen LogP contribution in [0.15, 0.2) is 24.4 Å². The number of H-pyrrole nitrogens is 1. The maximum Gasteiger partial charge on any atom is 0.306 e. The number of fused-ring (bicyclic) bond motifs is 2. The molecule has 1 amide bonds. The minimum Gasteiger partial charge on any atom is -0.481 e. The fourth-order valence-corrected chi connectivity index (χ4v) is 5.63. The lowest BCUT2D eigenvalue weighted by Crippen LogP contribution is -2.53. The van der Waals surface area contributed by atoms with Crippen molar-refractivity contribution in [1.29, 1.82) is 0 Å². The maximum atomic E-state index is 13.2. The third-order valence-electron chi connectivity index (χ3n) is 6.70. The fraction of sp³-hybridized carbons (Fsp3) is 0.545. The van der Waals surface area contributed by atoms with Gasteiger partial charge in [0.2, 0.25) is 5.91 Å². The van der Waals surface area contributed by atoms with Gasteiger partial charge in [-0.25, -0.2) is 0 Å². The number of nitrogens with one attached hydrogen (secondary N) is 1. The molecule has 0 spiro atoms. The van der Waals surface area contributed by atoms with E-state index in [1.807, 2.05) is 29.3 Å². The highest BCUT2D eigenvalue weighted by Gasteiger charge is 2.43. The van der Waals surface area contributed by atoms with E-state index in [0.29, 0.717) is 11.4 Å². The van der Waals surface area contributed by atoms with Crippen LogP contribution in [0.4, 0.5) is 0 Å². The van der Waals surface area contributed by atoms with Crippen LogP contribution in [-0.4, -0.2) is 39.5 Å². The van der Waals surface area contributed by atoms with Crippen molar-refractivity contribution in [2.75, 3.05) is 6.54 Å². The van der Waals surface area contributed by atoms with E-state index in [2.05, 4.69) is 11.9 Å². The van der Waals surface area contributed by atoms with E-state index in [1.54, 1.807) is 0 Å². The van der Waals surface area contributed by atoms with Gasteiger partial charge in [0, 0.05) is 36.1 Å². The van der Waals surface area contributed by atoms with Gasteiger partial charge in [-0.2, -0.15) is 0 Å². The Labute approximate surface area is 170 Å².